The molecule has 4 rings (SSSR count). The molecule has 0 spiro atoms. The van der Waals surface area contributed by atoms with Gasteiger partial charge in [-0.05, 0) is 54.1 Å². The molecule has 2 aliphatic rings. The van der Waals surface area contributed by atoms with E-state index in [1.807, 2.05) is 13.0 Å². The highest BCUT2D eigenvalue weighted by Crippen LogP contribution is 2.36. The van der Waals surface area contributed by atoms with Crippen molar-refractivity contribution in [3.63, 3.8) is 0 Å². The van der Waals surface area contributed by atoms with Crippen molar-refractivity contribution in [3.8, 4) is 0 Å². The molecule has 2 aromatic rings. The minimum absolute atomic E-state index is 0.0379. The fourth-order valence-corrected chi connectivity index (χ4v) is 5.76. The largest absolute Gasteiger partial charge is 0.300 e. The summed E-state index contributed by atoms with van der Waals surface area (Å²) in [4.78, 5) is 33.5. The summed E-state index contributed by atoms with van der Waals surface area (Å²) in [5.74, 6) is 0.616. The van der Waals surface area contributed by atoms with Crippen LogP contribution in [-0.2, 0) is 4.79 Å². The Morgan fingerprint density at radius 2 is 2.16 bits per heavy atom. The Hall–Kier alpha value is -2.27. The highest BCUT2D eigenvalue weighted by Gasteiger charge is 2.25. The Morgan fingerprint density at radius 3 is 2.90 bits per heavy atom. The van der Waals surface area contributed by atoms with Crippen molar-refractivity contribution < 1.29 is 9.72 Å². The first-order valence-electron chi connectivity index (χ1n) is 9.08. The molecule has 2 heterocycles. The molecule has 0 aliphatic carbocycles. The molecule has 7 nitrogen and oxygen atoms in total. The summed E-state index contributed by atoms with van der Waals surface area (Å²) < 4.78 is 0.913. The molecule has 11 heteroatoms. The summed E-state index contributed by atoms with van der Waals surface area (Å²) in [5, 5.41) is 15.0. The maximum Gasteiger partial charge on any atom is 0.270 e. The molecule has 31 heavy (non-hydrogen) atoms. The van der Waals surface area contributed by atoms with E-state index in [0.717, 1.165) is 27.1 Å². The predicted octanol–water partition coefficient (Wildman–Crippen LogP) is 5.64. The van der Waals surface area contributed by atoms with Crippen LogP contribution in [0.15, 0.2) is 56.2 Å². The minimum atomic E-state index is -0.449. The number of halogens is 1. The summed E-state index contributed by atoms with van der Waals surface area (Å²) in [6.45, 7) is 2.67. The molecular formula is C20H15ClN4O3S3. The summed E-state index contributed by atoms with van der Waals surface area (Å²) in [6, 6.07) is 9.99. The van der Waals surface area contributed by atoms with Gasteiger partial charge in [0.05, 0.1) is 22.1 Å². The standard InChI is InChI=1S/C20H15ClN4O3S3/c1-11-2-3-13(21)10-15(11)23-19-24-18(26)17(30-19)9-12-8-14(25(27)28)4-5-16(12)31-20-22-6-7-29-20/h2-5,8-10H,6-7H2,1H3,(H,23,24,26)/b17-9+. The number of amides is 1. The molecule has 0 radical (unpaired) electrons. The second-order valence-corrected chi connectivity index (χ2v) is 10.3. The van der Waals surface area contributed by atoms with Crippen LogP contribution in [0.25, 0.3) is 6.08 Å². The van der Waals surface area contributed by atoms with Gasteiger partial charge in [-0.25, -0.2) is 4.99 Å². The number of aliphatic imine (C=N–C) groups is 2. The second kappa shape index (κ2) is 9.47. The zero-order valence-corrected chi connectivity index (χ0v) is 19.3. The molecule has 0 saturated carbocycles. The Bertz CT molecular complexity index is 1180. The van der Waals surface area contributed by atoms with Gasteiger partial charge >= 0.3 is 0 Å². The Kier molecular flexibility index (Phi) is 6.71. The van der Waals surface area contributed by atoms with Crippen LogP contribution >= 0.6 is 46.9 Å². The van der Waals surface area contributed by atoms with E-state index in [0.29, 0.717) is 26.3 Å². The quantitative estimate of drug-likeness (QED) is 0.338. The number of nitrogens with one attached hydrogen (secondary N) is 1. The lowest BCUT2D eigenvalue weighted by Gasteiger charge is -2.06. The number of carbonyl (C=O) groups is 1. The molecule has 2 aromatic carbocycles. The molecule has 1 amide bonds. The fraction of sp³-hybridized carbons (Fsp3) is 0.150. The maximum absolute atomic E-state index is 12.5. The lowest BCUT2D eigenvalue weighted by Crippen LogP contribution is -2.19. The van der Waals surface area contributed by atoms with E-state index in [9.17, 15) is 14.9 Å². The first kappa shape index (κ1) is 21.9. The van der Waals surface area contributed by atoms with E-state index in [-0.39, 0.29) is 11.6 Å². The van der Waals surface area contributed by atoms with Gasteiger partial charge < -0.3 is 5.32 Å². The van der Waals surface area contributed by atoms with Crippen molar-refractivity contribution in [1.29, 1.82) is 0 Å². The van der Waals surface area contributed by atoms with Crippen LogP contribution in [0.4, 0.5) is 11.4 Å². The summed E-state index contributed by atoms with van der Waals surface area (Å²) in [5.41, 5.74) is 2.15. The van der Waals surface area contributed by atoms with Crippen LogP contribution in [0.5, 0.6) is 0 Å². The van der Waals surface area contributed by atoms with E-state index in [2.05, 4.69) is 15.3 Å². The molecule has 0 atom stereocenters. The lowest BCUT2D eigenvalue weighted by molar-refractivity contribution is -0.384. The first-order valence-corrected chi connectivity index (χ1v) is 12.1. The topological polar surface area (TPSA) is 97.0 Å². The van der Waals surface area contributed by atoms with Crippen molar-refractivity contribution in [3.05, 3.63) is 67.6 Å². The first-order chi connectivity index (χ1) is 14.9. The van der Waals surface area contributed by atoms with Crippen molar-refractivity contribution in [2.45, 2.75) is 11.8 Å². The number of benzene rings is 2. The molecule has 2 aliphatic heterocycles. The van der Waals surface area contributed by atoms with Gasteiger partial charge in [-0.1, -0.05) is 41.2 Å². The van der Waals surface area contributed by atoms with Crippen molar-refractivity contribution in [2.24, 2.45) is 9.98 Å². The van der Waals surface area contributed by atoms with E-state index in [1.165, 1.54) is 35.7 Å². The summed E-state index contributed by atoms with van der Waals surface area (Å²) >= 11 is 10.3. The van der Waals surface area contributed by atoms with Crippen LogP contribution in [0, 0.1) is 17.0 Å². The molecule has 0 unspecified atom stereocenters. The summed E-state index contributed by atoms with van der Waals surface area (Å²) in [6.07, 6.45) is 1.66. The number of carbonyl (C=O) groups excluding carboxylic acids is 1. The van der Waals surface area contributed by atoms with E-state index >= 15 is 0 Å². The molecular weight excluding hydrogens is 476 g/mol. The van der Waals surface area contributed by atoms with E-state index < -0.39 is 4.92 Å². The minimum Gasteiger partial charge on any atom is -0.300 e. The SMILES string of the molecule is Cc1ccc(Cl)cc1N=C1NC(=O)/C(=C\c2cc([N+](=O)[O-])ccc2SC2=NCCS2)S1. The van der Waals surface area contributed by atoms with E-state index in [1.54, 1.807) is 36.0 Å². The zero-order chi connectivity index (χ0) is 22.0. The van der Waals surface area contributed by atoms with Crippen LogP contribution in [0.3, 0.4) is 0 Å². The number of hydrogen-bond donors (Lipinski definition) is 1. The lowest BCUT2D eigenvalue weighted by atomic mass is 10.2. The van der Waals surface area contributed by atoms with Gasteiger partial charge in [0, 0.05) is 27.8 Å². The van der Waals surface area contributed by atoms with Crippen molar-refractivity contribution >= 4 is 79.8 Å². The van der Waals surface area contributed by atoms with Gasteiger partial charge in [0.2, 0.25) is 0 Å². The number of rotatable bonds is 4. The Morgan fingerprint density at radius 1 is 1.32 bits per heavy atom. The third kappa shape index (κ3) is 5.32. The number of amidine groups is 1. The second-order valence-electron chi connectivity index (χ2n) is 6.49. The predicted molar refractivity (Wildman–Crippen MR) is 131 cm³/mol. The number of thioether (sulfide) groups is 3. The molecule has 0 bridgehead atoms. The van der Waals surface area contributed by atoms with Crippen LogP contribution in [0.1, 0.15) is 11.1 Å². The monoisotopic (exact) mass is 490 g/mol. The van der Waals surface area contributed by atoms with Gasteiger partial charge in [0.15, 0.2) is 5.17 Å². The third-order valence-electron chi connectivity index (χ3n) is 4.29. The number of nitro benzene ring substituents is 1. The number of non-ortho nitro benzene ring substituents is 1. The molecule has 158 valence electrons. The van der Waals surface area contributed by atoms with Gasteiger partial charge in [-0.15, -0.1) is 0 Å². The zero-order valence-electron chi connectivity index (χ0n) is 16.1. The van der Waals surface area contributed by atoms with Gasteiger partial charge in [0.25, 0.3) is 11.6 Å². The fourth-order valence-electron chi connectivity index (χ4n) is 2.76. The number of aryl methyl sites for hydroxylation is 1. The third-order valence-corrected chi connectivity index (χ3v) is 7.70. The Balaban J connectivity index is 1.66. The average molecular weight is 491 g/mol. The van der Waals surface area contributed by atoms with Crippen molar-refractivity contribution in [2.75, 3.05) is 12.3 Å². The maximum atomic E-state index is 12.5. The van der Waals surface area contributed by atoms with Gasteiger partial charge in [0.1, 0.15) is 4.38 Å². The molecule has 1 saturated heterocycles. The summed E-state index contributed by atoms with van der Waals surface area (Å²) in [7, 11) is 0. The number of nitrogens with zero attached hydrogens (tertiary/aromatic N) is 3. The normalized spacial score (nSPS) is 18.5. The molecule has 0 aromatic heterocycles. The van der Waals surface area contributed by atoms with E-state index in [4.69, 9.17) is 11.6 Å². The van der Waals surface area contributed by atoms with Gasteiger partial charge in [-0.3, -0.25) is 19.9 Å². The van der Waals surface area contributed by atoms with Crippen LogP contribution in [-0.4, -0.2) is 32.7 Å². The highest BCUT2D eigenvalue weighted by molar-refractivity contribution is 8.39. The average Bonchev–Trinajstić information content (AvgIpc) is 3.35. The van der Waals surface area contributed by atoms with Gasteiger partial charge in [-0.2, -0.15) is 0 Å². The smallest absolute Gasteiger partial charge is 0.270 e. The van der Waals surface area contributed by atoms with Crippen LogP contribution < -0.4 is 5.32 Å². The molecule has 1 N–H and O–H groups in total. The molecule has 1 fully saturated rings. The Labute approximate surface area is 196 Å². The van der Waals surface area contributed by atoms with Crippen LogP contribution in [0.2, 0.25) is 5.02 Å². The highest BCUT2D eigenvalue weighted by atomic mass is 35.5. The number of nitro groups is 1. The van der Waals surface area contributed by atoms with Crippen molar-refractivity contribution in [1.82, 2.24) is 5.32 Å². The number of hydrogen-bond acceptors (Lipinski definition) is 8.